The molecule has 33 heavy (non-hydrogen) atoms. The van der Waals surface area contributed by atoms with Crippen LogP contribution in [0.2, 0.25) is 0 Å². The van der Waals surface area contributed by atoms with Crippen molar-refractivity contribution < 1.29 is 17.6 Å². The first-order valence-electron chi connectivity index (χ1n) is 11.7. The zero-order valence-corrected chi connectivity index (χ0v) is 19.0. The average molecular weight is 453 g/mol. The fourth-order valence-electron chi connectivity index (χ4n) is 4.71. The van der Waals surface area contributed by atoms with Gasteiger partial charge in [0.1, 0.15) is 0 Å². The first-order valence-corrected chi connectivity index (χ1v) is 11.7. The van der Waals surface area contributed by atoms with E-state index >= 15 is 4.39 Å². The molecule has 0 nitrogen and oxygen atoms in total. The molecule has 0 bridgehead atoms. The van der Waals surface area contributed by atoms with Crippen molar-refractivity contribution in [3.05, 3.63) is 100 Å². The predicted molar refractivity (Wildman–Crippen MR) is 126 cm³/mol. The van der Waals surface area contributed by atoms with Gasteiger partial charge in [-0.15, -0.1) is 0 Å². The van der Waals surface area contributed by atoms with E-state index in [0.717, 1.165) is 12.8 Å². The Kier molecular flexibility index (Phi) is 7.02. The Bertz CT molecular complexity index is 1180. The van der Waals surface area contributed by atoms with Crippen molar-refractivity contribution in [3.8, 4) is 11.1 Å². The summed E-state index contributed by atoms with van der Waals surface area (Å²) in [6.07, 6.45) is 5.72. The Morgan fingerprint density at radius 1 is 0.758 bits per heavy atom. The minimum Gasteiger partial charge on any atom is -0.203 e. The lowest BCUT2D eigenvalue weighted by Gasteiger charge is -2.24. The fourth-order valence-corrected chi connectivity index (χ4v) is 4.71. The second kappa shape index (κ2) is 9.94. The van der Waals surface area contributed by atoms with Crippen LogP contribution in [-0.2, 0) is 12.8 Å². The van der Waals surface area contributed by atoms with Crippen molar-refractivity contribution >= 4 is 5.57 Å². The first kappa shape index (κ1) is 23.3. The van der Waals surface area contributed by atoms with Crippen LogP contribution in [0.1, 0.15) is 67.7 Å². The van der Waals surface area contributed by atoms with Gasteiger partial charge in [-0.2, -0.15) is 0 Å². The summed E-state index contributed by atoms with van der Waals surface area (Å²) in [6, 6.07) is 14.1. The Morgan fingerprint density at radius 2 is 1.45 bits per heavy atom. The van der Waals surface area contributed by atoms with Crippen molar-refractivity contribution in [2.75, 3.05) is 0 Å². The Balaban J connectivity index is 1.56. The van der Waals surface area contributed by atoms with E-state index in [9.17, 15) is 13.2 Å². The molecule has 0 spiro atoms. The van der Waals surface area contributed by atoms with Gasteiger partial charge in [0.2, 0.25) is 0 Å². The van der Waals surface area contributed by atoms with Crippen molar-refractivity contribution in [2.24, 2.45) is 0 Å². The van der Waals surface area contributed by atoms with Gasteiger partial charge in [0.15, 0.2) is 23.3 Å². The topological polar surface area (TPSA) is 0 Å². The number of aryl methyl sites for hydroxylation is 2. The lowest BCUT2D eigenvalue weighted by molar-refractivity contribution is 0.473. The monoisotopic (exact) mass is 452 g/mol. The third-order valence-electron chi connectivity index (χ3n) is 6.66. The molecule has 4 rings (SSSR count). The smallest absolute Gasteiger partial charge is 0.167 e. The summed E-state index contributed by atoms with van der Waals surface area (Å²) >= 11 is 0. The molecule has 1 atom stereocenters. The van der Waals surface area contributed by atoms with Crippen LogP contribution in [0.3, 0.4) is 0 Å². The maximum Gasteiger partial charge on any atom is 0.167 e. The highest BCUT2D eigenvalue weighted by Gasteiger charge is 2.25. The third-order valence-corrected chi connectivity index (χ3v) is 6.66. The summed E-state index contributed by atoms with van der Waals surface area (Å²) in [5.74, 6) is -3.47. The van der Waals surface area contributed by atoms with Crippen LogP contribution in [0, 0.1) is 23.3 Å². The molecule has 0 N–H and O–H groups in total. The molecule has 0 saturated carbocycles. The molecule has 0 aliphatic heterocycles. The van der Waals surface area contributed by atoms with Gasteiger partial charge in [-0.3, -0.25) is 0 Å². The number of rotatable bonds is 6. The molecule has 1 unspecified atom stereocenters. The molecule has 0 fully saturated rings. The van der Waals surface area contributed by atoms with Crippen molar-refractivity contribution in [1.29, 1.82) is 0 Å². The van der Waals surface area contributed by atoms with Crippen molar-refractivity contribution in [3.63, 3.8) is 0 Å². The highest BCUT2D eigenvalue weighted by Crippen LogP contribution is 2.39. The highest BCUT2D eigenvalue weighted by atomic mass is 19.2. The summed E-state index contributed by atoms with van der Waals surface area (Å²) in [5.41, 5.74) is 3.71. The van der Waals surface area contributed by atoms with Gasteiger partial charge in [-0.1, -0.05) is 74.9 Å². The van der Waals surface area contributed by atoms with Crippen molar-refractivity contribution in [2.45, 2.75) is 58.3 Å². The molecule has 0 saturated heterocycles. The lowest BCUT2D eigenvalue weighted by Crippen LogP contribution is -2.09. The molecular formula is C29H28F4. The summed E-state index contributed by atoms with van der Waals surface area (Å²) in [6.45, 7) is 3.88. The first-order chi connectivity index (χ1) is 15.9. The normalized spacial score (nSPS) is 16.1. The van der Waals surface area contributed by atoms with E-state index in [4.69, 9.17) is 0 Å². The Hall–Kier alpha value is -2.88. The standard InChI is InChI=1S/C29H28F4/c1-3-5-18-6-8-20(9-7-18)24-16-17-25(29(33)28(24)32)22-12-10-21(11-13-22)23-15-14-19(4-2)26(30)27(23)31/h6-9,12,14-17,21H,3-5,10-11,13H2,1-2H3. The van der Waals surface area contributed by atoms with E-state index in [1.54, 1.807) is 31.2 Å². The minimum absolute atomic E-state index is 0.178. The van der Waals surface area contributed by atoms with Crippen LogP contribution in [0.4, 0.5) is 17.6 Å². The molecule has 3 aromatic rings. The van der Waals surface area contributed by atoms with Gasteiger partial charge in [0.05, 0.1) is 0 Å². The summed E-state index contributed by atoms with van der Waals surface area (Å²) in [7, 11) is 0. The van der Waals surface area contributed by atoms with Gasteiger partial charge >= 0.3 is 0 Å². The molecule has 1 aliphatic rings. The molecule has 0 radical (unpaired) electrons. The quantitative estimate of drug-likeness (QED) is 0.328. The van der Waals surface area contributed by atoms with Gasteiger partial charge in [0, 0.05) is 11.1 Å². The Morgan fingerprint density at radius 3 is 2.09 bits per heavy atom. The molecule has 0 amide bonds. The van der Waals surface area contributed by atoms with Gasteiger partial charge in [0.25, 0.3) is 0 Å². The summed E-state index contributed by atoms with van der Waals surface area (Å²) < 4.78 is 58.7. The fraction of sp³-hybridized carbons (Fsp3) is 0.310. The maximum atomic E-state index is 15.0. The van der Waals surface area contributed by atoms with Crippen molar-refractivity contribution in [1.82, 2.24) is 0 Å². The van der Waals surface area contributed by atoms with Gasteiger partial charge in [-0.25, -0.2) is 17.6 Å². The van der Waals surface area contributed by atoms with Crippen LogP contribution in [-0.4, -0.2) is 0 Å². The van der Waals surface area contributed by atoms with Crippen LogP contribution in [0.15, 0.2) is 54.6 Å². The second-order valence-corrected chi connectivity index (χ2v) is 8.73. The predicted octanol–water partition coefficient (Wildman–Crippen LogP) is 8.78. The van der Waals surface area contributed by atoms with E-state index in [-0.39, 0.29) is 17.0 Å². The number of hydrogen-bond donors (Lipinski definition) is 0. The molecule has 0 aromatic heterocycles. The van der Waals surface area contributed by atoms with Crippen LogP contribution in [0.5, 0.6) is 0 Å². The zero-order chi connectivity index (χ0) is 23.5. The lowest BCUT2D eigenvalue weighted by atomic mass is 9.81. The summed E-state index contributed by atoms with van der Waals surface area (Å²) in [4.78, 5) is 0. The van der Waals surface area contributed by atoms with E-state index in [1.807, 2.05) is 30.3 Å². The number of hydrogen-bond acceptors (Lipinski definition) is 0. The second-order valence-electron chi connectivity index (χ2n) is 8.73. The zero-order valence-electron chi connectivity index (χ0n) is 19.0. The highest BCUT2D eigenvalue weighted by molar-refractivity contribution is 5.72. The average Bonchev–Trinajstić information content (AvgIpc) is 2.84. The van der Waals surface area contributed by atoms with E-state index < -0.39 is 23.3 Å². The Labute approximate surface area is 193 Å². The molecule has 1 aliphatic carbocycles. The SMILES string of the molecule is CCCc1ccc(-c2ccc(C3=CCC(c4ccc(CC)c(F)c4F)CC3)c(F)c2F)cc1. The largest absolute Gasteiger partial charge is 0.203 e. The third kappa shape index (κ3) is 4.62. The van der Waals surface area contributed by atoms with E-state index in [1.165, 1.54) is 5.56 Å². The number of halogens is 4. The number of benzene rings is 3. The van der Waals surface area contributed by atoms with Crippen LogP contribution >= 0.6 is 0 Å². The molecule has 4 heteroatoms. The number of allylic oxidation sites excluding steroid dienone is 2. The van der Waals surface area contributed by atoms with E-state index in [0.29, 0.717) is 47.9 Å². The van der Waals surface area contributed by atoms with Crippen LogP contribution in [0.25, 0.3) is 16.7 Å². The van der Waals surface area contributed by atoms with Gasteiger partial charge < -0.3 is 0 Å². The molecule has 3 aromatic carbocycles. The minimum atomic E-state index is -0.862. The molecule has 172 valence electrons. The molecule has 0 heterocycles. The summed E-state index contributed by atoms with van der Waals surface area (Å²) in [5, 5.41) is 0. The molecular weight excluding hydrogens is 424 g/mol. The maximum absolute atomic E-state index is 15.0. The van der Waals surface area contributed by atoms with E-state index in [2.05, 4.69) is 6.92 Å². The van der Waals surface area contributed by atoms with Crippen LogP contribution < -0.4 is 0 Å². The van der Waals surface area contributed by atoms with Gasteiger partial charge in [-0.05, 0) is 65.8 Å².